The molecule has 1 saturated heterocycles. The van der Waals surface area contributed by atoms with E-state index in [2.05, 4.69) is 0 Å². The minimum Gasteiger partial charge on any atom is -0.494 e. The zero-order valence-corrected chi connectivity index (χ0v) is 12.6. The van der Waals surface area contributed by atoms with Gasteiger partial charge in [0.25, 0.3) is 5.91 Å². The Kier molecular flexibility index (Phi) is 4.40. The zero-order chi connectivity index (χ0) is 17.3. The average Bonchev–Trinajstić information content (AvgIpc) is 2.96. The fourth-order valence-electron chi connectivity index (χ4n) is 3.00. The van der Waals surface area contributed by atoms with Crippen molar-refractivity contribution in [3.8, 4) is 0 Å². The third-order valence-electron chi connectivity index (χ3n) is 4.02. The lowest BCUT2D eigenvalue weighted by Gasteiger charge is -2.28. The fraction of sp³-hybridized carbons (Fsp3) is 0.438. The summed E-state index contributed by atoms with van der Waals surface area (Å²) in [4.78, 5) is 13.8. The van der Waals surface area contributed by atoms with Gasteiger partial charge in [0.1, 0.15) is 19.5 Å². The number of alkyl halides is 3. The number of benzene rings is 1. The molecule has 0 radical (unpaired) electrons. The van der Waals surface area contributed by atoms with Gasteiger partial charge in [0.05, 0.1) is 17.7 Å². The Labute approximate surface area is 136 Å². The molecular formula is C16H16F3NO4. The Morgan fingerprint density at radius 2 is 2.00 bits per heavy atom. The first-order valence-corrected chi connectivity index (χ1v) is 7.47. The van der Waals surface area contributed by atoms with Crippen molar-refractivity contribution in [2.24, 2.45) is 0 Å². The summed E-state index contributed by atoms with van der Waals surface area (Å²) in [6.45, 7) is 0.438. The molecule has 1 fully saturated rings. The van der Waals surface area contributed by atoms with E-state index < -0.39 is 29.8 Å². The predicted octanol–water partition coefficient (Wildman–Crippen LogP) is 2.23. The number of halogens is 3. The van der Waals surface area contributed by atoms with Crippen molar-refractivity contribution in [2.75, 3.05) is 19.8 Å². The van der Waals surface area contributed by atoms with Crippen LogP contribution in [0.1, 0.15) is 23.6 Å². The van der Waals surface area contributed by atoms with E-state index in [9.17, 15) is 23.1 Å². The van der Waals surface area contributed by atoms with Crippen LogP contribution < -0.4 is 0 Å². The Balaban J connectivity index is 1.94. The first-order chi connectivity index (χ1) is 11.4. The van der Waals surface area contributed by atoms with E-state index >= 15 is 0 Å². The van der Waals surface area contributed by atoms with Crippen molar-refractivity contribution in [3.63, 3.8) is 0 Å². The smallest absolute Gasteiger partial charge is 0.416 e. The number of rotatable bonds is 2. The van der Waals surface area contributed by atoms with Crippen LogP contribution in [0, 0.1) is 0 Å². The number of ether oxygens (including phenoxy) is 2. The van der Waals surface area contributed by atoms with Crippen molar-refractivity contribution in [3.05, 3.63) is 47.4 Å². The molecule has 0 spiro atoms. The van der Waals surface area contributed by atoms with Gasteiger partial charge in [-0.25, -0.2) is 0 Å². The molecule has 1 N–H and O–H groups in total. The van der Waals surface area contributed by atoms with Crippen LogP contribution in [-0.2, 0) is 20.4 Å². The largest absolute Gasteiger partial charge is 0.494 e. The van der Waals surface area contributed by atoms with Crippen molar-refractivity contribution >= 4 is 5.91 Å². The molecule has 3 rings (SSSR count). The monoisotopic (exact) mass is 343 g/mol. The Hall–Kier alpha value is -2.22. The molecule has 2 aliphatic rings. The number of likely N-dealkylation sites (tertiary alicyclic amines) is 1. The molecule has 1 amide bonds. The molecule has 5 nitrogen and oxygen atoms in total. The molecule has 0 bridgehead atoms. The lowest BCUT2D eigenvalue weighted by molar-refractivity contribution is -0.140. The number of hydrogen-bond acceptors (Lipinski definition) is 4. The highest BCUT2D eigenvalue weighted by Crippen LogP contribution is 2.40. The Morgan fingerprint density at radius 3 is 2.67 bits per heavy atom. The van der Waals surface area contributed by atoms with Gasteiger partial charge in [-0.05, 0) is 18.1 Å². The van der Waals surface area contributed by atoms with Crippen LogP contribution in [0.3, 0.4) is 0 Å². The van der Waals surface area contributed by atoms with Gasteiger partial charge < -0.3 is 19.5 Å². The van der Waals surface area contributed by atoms with Gasteiger partial charge >= 0.3 is 6.18 Å². The summed E-state index contributed by atoms with van der Waals surface area (Å²) in [6, 6.07) is 4.21. The lowest BCUT2D eigenvalue weighted by atomic mass is 9.97. The molecule has 130 valence electrons. The number of nitrogens with zero attached hydrogens (tertiary/aromatic N) is 1. The normalized spacial score (nSPS) is 24.2. The second kappa shape index (κ2) is 6.35. The summed E-state index contributed by atoms with van der Waals surface area (Å²) in [5.74, 6) is -0.655. The topological polar surface area (TPSA) is 59.0 Å². The number of aliphatic hydroxyl groups is 1. The number of aliphatic hydroxyl groups excluding tert-OH is 1. The van der Waals surface area contributed by atoms with Gasteiger partial charge in [0.2, 0.25) is 5.76 Å². The molecule has 0 saturated carbocycles. The molecule has 0 aliphatic carbocycles. The van der Waals surface area contributed by atoms with Crippen LogP contribution in [0.2, 0.25) is 0 Å². The van der Waals surface area contributed by atoms with Crippen LogP contribution >= 0.6 is 0 Å². The average molecular weight is 343 g/mol. The third kappa shape index (κ3) is 3.19. The second-order valence-corrected chi connectivity index (χ2v) is 5.65. The van der Waals surface area contributed by atoms with Crippen LogP contribution in [0.5, 0.6) is 0 Å². The highest BCUT2D eigenvalue weighted by Gasteiger charge is 2.42. The Bertz CT molecular complexity index is 659. The molecule has 1 aromatic carbocycles. The third-order valence-corrected chi connectivity index (χ3v) is 4.02. The van der Waals surface area contributed by atoms with Crippen molar-refractivity contribution in [1.29, 1.82) is 0 Å². The van der Waals surface area contributed by atoms with Gasteiger partial charge in [0, 0.05) is 6.54 Å². The molecule has 8 heteroatoms. The van der Waals surface area contributed by atoms with Gasteiger partial charge in [-0.15, -0.1) is 0 Å². The highest BCUT2D eigenvalue weighted by atomic mass is 19.4. The fourth-order valence-corrected chi connectivity index (χ4v) is 3.00. The summed E-state index contributed by atoms with van der Waals surface area (Å²) in [6.07, 6.45) is -4.25. The summed E-state index contributed by atoms with van der Waals surface area (Å²) < 4.78 is 50.0. The SMILES string of the molecule is O=C(C1=COCCO1)N1CC(O)CC1c1ccccc1C(F)(F)F. The maximum Gasteiger partial charge on any atom is 0.416 e. The van der Waals surface area contributed by atoms with Crippen LogP contribution in [0.4, 0.5) is 13.2 Å². The van der Waals surface area contributed by atoms with Crippen molar-refractivity contribution in [1.82, 2.24) is 4.90 Å². The minimum atomic E-state index is -4.54. The quantitative estimate of drug-likeness (QED) is 0.895. The van der Waals surface area contributed by atoms with E-state index in [0.29, 0.717) is 6.61 Å². The number of hydrogen-bond donors (Lipinski definition) is 1. The van der Waals surface area contributed by atoms with E-state index in [-0.39, 0.29) is 30.9 Å². The second-order valence-electron chi connectivity index (χ2n) is 5.65. The van der Waals surface area contributed by atoms with Gasteiger partial charge in [-0.2, -0.15) is 13.2 Å². The summed E-state index contributed by atoms with van der Waals surface area (Å²) >= 11 is 0. The maximum absolute atomic E-state index is 13.3. The first-order valence-electron chi connectivity index (χ1n) is 7.47. The van der Waals surface area contributed by atoms with Crippen LogP contribution in [0.25, 0.3) is 0 Å². The highest BCUT2D eigenvalue weighted by molar-refractivity contribution is 5.92. The van der Waals surface area contributed by atoms with Crippen LogP contribution in [-0.4, -0.2) is 41.8 Å². The molecule has 0 aromatic heterocycles. The number of β-amino-alcohol motifs (C(OH)–C–C–N with tert-alkyl or cyclic N) is 1. The molecule has 2 unspecified atom stereocenters. The zero-order valence-electron chi connectivity index (χ0n) is 12.6. The maximum atomic E-state index is 13.3. The molecule has 2 aliphatic heterocycles. The van der Waals surface area contributed by atoms with E-state index in [0.717, 1.165) is 12.3 Å². The minimum absolute atomic E-state index is 0.0347. The molecule has 1 aromatic rings. The van der Waals surface area contributed by atoms with E-state index in [1.54, 1.807) is 0 Å². The molecule has 2 atom stereocenters. The van der Waals surface area contributed by atoms with Crippen molar-refractivity contribution in [2.45, 2.75) is 24.7 Å². The first kappa shape index (κ1) is 16.6. The lowest BCUT2D eigenvalue weighted by Crippen LogP contribution is -2.35. The summed E-state index contributed by atoms with van der Waals surface area (Å²) in [5, 5.41) is 9.91. The molecule has 2 heterocycles. The number of carbonyl (C=O) groups excluding carboxylic acids is 1. The standard InChI is InChI=1S/C16H16F3NO4/c17-16(18,19)12-4-2-1-3-11(12)13-7-10(21)8-20(13)15(22)14-9-23-5-6-24-14/h1-4,9-10,13,21H,5-8H2. The summed E-state index contributed by atoms with van der Waals surface area (Å²) in [7, 11) is 0. The Morgan fingerprint density at radius 1 is 1.25 bits per heavy atom. The van der Waals surface area contributed by atoms with Gasteiger partial charge in [-0.3, -0.25) is 4.79 Å². The summed E-state index contributed by atoms with van der Waals surface area (Å²) in [5.41, 5.74) is -0.844. The molecular weight excluding hydrogens is 327 g/mol. The van der Waals surface area contributed by atoms with E-state index in [1.807, 2.05) is 0 Å². The van der Waals surface area contributed by atoms with Gasteiger partial charge in [0.15, 0.2) is 0 Å². The number of amides is 1. The van der Waals surface area contributed by atoms with E-state index in [4.69, 9.17) is 9.47 Å². The molecule has 24 heavy (non-hydrogen) atoms. The predicted molar refractivity (Wildman–Crippen MR) is 76.5 cm³/mol. The number of carbonyl (C=O) groups is 1. The van der Waals surface area contributed by atoms with Gasteiger partial charge in [-0.1, -0.05) is 18.2 Å². The van der Waals surface area contributed by atoms with E-state index in [1.165, 1.54) is 23.1 Å². The van der Waals surface area contributed by atoms with Crippen molar-refractivity contribution < 1.29 is 32.5 Å². The van der Waals surface area contributed by atoms with Crippen LogP contribution in [0.15, 0.2) is 36.3 Å².